The standard InChI is InChI=1S/C21H18N4O3S/c1-13-22-19-20(29-13)18(14-7-4-3-5-8-14)24-25(21(19)27)12-17(26)23-15-9-6-10-16(11-15)28-2/h3-11H,12H2,1-2H3,(H,23,26). The molecule has 0 aliphatic heterocycles. The number of amides is 1. The zero-order valence-corrected chi connectivity index (χ0v) is 16.7. The molecule has 0 radical (unpaired) electrons. The molecular formula is C21H18N4O3S. The van der Waals surface area contributed by atoms with E-state index in [-0.39, 0.29) is 18.0 Å². The van der Waals surface area contributed by atoms with Crippen molar-refractivity contribution >= 4 is 33.1 Å². The van der Waals surface area contributed by atoms with Crippen molar-refractivity contribution in [2.45, 2.75) is 13.5 Å². The first-order chi connectivity index (χ1) is 14.0. The number of carbonyl (C=O) groups is 1. The summed E-state index contributed by atoms with van der Waals surface area (Å²) >= 11 is 1.42. The van der Waals surface area contributed by atoms with Crippen LogP contribution in [0, 0.1) is 6.92 Å². The molecule has 146 valence electrons. The van der Waals surface area contributed by atoms with Gasteiger partial charge in [-0.3, -0.25) is 9.59 Å². The quantitative estimate of drug-likeness (QED) is 0.548. The van der Waals surface area contributed by atoms with E-state index in [1.807, 2.05) is 37.3 Å². The molecule has 0 spiro atoms. The molecule has 4 rings (SSSR count). The van der Waals surface area contributed by atoms with Gasteiger partial charge >= 0.3 is 0 Å². The number of carbonyl (C=O) groups excluding carboxylic acids is 1. The highest BCUT2D eigenvalue weighted by molar-refractivity contribution is 7.19. The average Bonchev–Trinajstić information content (AvgIpc) is 3.12. The fourth-order valence-electron chi connectivity index (χ4n) is 3.00. The normalized spacial score (nSPS) is 10.8. The molecule has 29 heavy (non-hydrogen) atoms. The number of nitrogens with zero attached hydrogens (tertiary/aromatic N) is 3. The molecule has 0 atom stereocenters. The number of hydrogen-bond donors (Lipinski definition) is 1. The molecule has 0 bridgehead atoms. The maximum atomic E-state index is 12.9. The Morgan fingerprint density at radius 2 is 1.97 bits per heavy atom. The van der Waals surface area contributed by atoms with Crippen molar-refractivity contribution in [3.63, 3.8) is 0 Å². The molecule has 2 aromatic heterocycles. The van der Waals surface area contributed by atoms with E-state index in [0.29, 0.717) is 22.6 Å². The minimum atomic E-state index is -0.384. The summed E-state index contributed by atoms with van der Waals surface area (Å²) in [7, 11) is 1.56. The highest BCUT2D eigenvalue weighted by Gasteiger charge is 2.17. The van der Waals surface area contributed by atoms with E-state index in [1.165, 1.54) is 16.0 Å². The largest absolute Gasteiger partial charge is 0.497 e. The highest BCUT2D eigenvalue weighted by atomic mass is 32.1. The van der Waals surface area contributed by atoms with E-state index in [0.717, 1.165) is 15.3 Å². The van der Waals surface area contributed by atoms with Crippen LogP contribution < -0.4 is 15.6 Å². The summed E-state index contributed by atoms with van der Waals surface area (Å²) in [5.41, 5.74) is 2.03. The first-order valence-electron chi connectivity index (χ1n) is 8.93. The Morgan fingerprint density at radius 3 is 2.72 bits per heavy atom. The molecule has 1 N–H and O–H groups in total. The average molecular weight is 406 g/mol. The lowest BCUT2D eigenvalue weighted by Crippen LogP contribution is -2.30. The van der Waals surface area contributed by atoms with E-state index in [4.69, 9.17) is 4.74 Å². The number of thiazole rings is 1. The minimum absolute atomic E-state index is 0.220. The van der Waals surface area contributed by atoms with Gasteiger partial charge < -0.3 is 10.1 Å². The van der Waals surface area contributed by atoms with Gasteiger partial charge in [0.05, 0.1) is 16.8 Å². The number of anilines is 1. The van der Waals surface area contributed by atoms with Gasteiger partial charge in [0.25, 0.3) is 5.56 Å². The third-order valence-corrected chi connectivity index (χ3v) is 5.28. The lowest BCUT2D eigenvalue weighted by molar-refractivity contribution is -0.117. The van der Waals surface area contributed by atoms with Crippen LogP contribution in [0.25, 0.3) is 21.5 Å². The predicted molar refractivity (Wildman–Crippen MR) is 113 cm³/mol. The smallest absolute Gasteiger partial charge is 0.294 e. The van der Waals surface area contributed by atoms with Gasteiger partial charge in [-0.2, -0.15) is 5.10 Å². The third kappa shape index (κ3) is 3.88. The van der Waals surface area contributed by atoms with Crippen molar-refractivity contribution in [3.8, 4) is 17.0 Å². The van der Waals surface area contributed by atoms with Crippen LogP contribution in [0.15, 0.2) is 59.4 Å². The van der Waals surface area contributed by atoms with Crippen molar-refractivity contribution < 1.29 is 9.53 Å². The van der Waals surface area contributed by atoms with Crippen molar-refractivity contribution in [3.05, 3.63) is 70.0 Å². The Morgan fingerprint density at radius 1 is 1.17 bits per heavy atom. The third-order valence-electron chi connectivity index (χ3n) is 4.30. The zero-order valence-electron chi connectivity index (χ0n) is 15.9. The summed E-state index contributed by atoms with van der Waals surface area (Å²) in [6.45, 7) is 1.63. The van der Waals surface area contributed by atoms with Gasteiger partial charge in [-0.1, -0.05) is 36.4 Å². The number of aryl methyl sites for hydroxylation is 1. The molecule has 0 aliphatic carbocycles. The van der Waals surface area contributed by atoms with Crippen LogP contribution in [-0.2, 0) is 11.3 Å². The maximum Gasteiger partial charge on any atom is 0.294 e. The molecule has 0 unspecified atom stereocenters. The number of nitrogens with one attached hydrogen (secondary N) is 1. The second-order valence-corrected chi connectivity index (χ2v) is 7.57. The molecule has 0 saturated heterocycles. The van der Waals surface area contributed by atoms with Crippen molar-refractivity contribution in [2.24, 2.45) is 0 Å². The molecule has 7 nitrogen and oxygen atoms in total. The first-order valence-corrected chi connectivity index (χ1v) is 9.74. The predicted octanol–water partition coefficient (Wildman–Crippen LogP) is 3.48. The van der Waals surface area contributed by atoms with Crippen LogP contribution >= 0.6 is 11.3 Å². The Kier molecular flexibility index (Phi) is 5.09. The molecule has 0 aliphatic rings. The Bertz CT molecular complexity index is 1250. The van der Waals surface area contributed by atoms with Gasteiger partial charge in [0.1, 0.15) is 18.0 Å². The van der Waals surface area contributed by atoms with E-state index >= 15 is 0 Å². The van der Waals surface area contributed by atoms with Gasteiger partial charge in [0, 0.05) is 17.3 Å². The second kappa shape index (κ2) is 7.84. The van der Waals surface area contributed by atoms with Crippen molar-refractivity contribution in [2.75, 3.05) is 12.4 Å². The van der Waals surface area contributed by atoms with Crippen LogP contribution in [-0.4, -0.2) is 27.8 Å². The van der Waals surface area contributed by atoms with E-state index in [1.54, 1.807) is 31.4 Å². The molecule has 0 fully saturated rings. The number of aromatic nitrogens is 3. The Hall–Kier alpha value is -3.52. The molecule has 8 heteroatoms. The minimum Gasteiger partial charge on any atom is -0.497 e. The van der Waals surface area contributed by atoms with Crippen LogP contribution in [0.5, 0.6) is 5.75 Å². The first kappa shape index (κ1) is 18.8. The number of fused-ring (bicyclic) bond motifs is 1. The summed E-state index contributed by atoms with van der Waals surface area (Å²) in [6, 6.07) is 16.6. The molecule has 2 aromatic carbocycles. The summed E-state index contributed by atoms with van der Waals surface area (Å²) in [5.74, 6) is 0.266. The SMILES string of the molecule is COc1cccc(NC(=O)Cn2nc(-c3ccccc3)c3sc(C)nc3c2=O)c1. The number of methoxy groups -OCH3 is 1. The second-order valence-electron chi connectivity index (χ2n) is 6.37. The monoisotopic (exact) mass is 406 g/mol. The molecule has 4 aromatic rings. The summed E-state index contributed by atoms with van der Waals surface area (Å²) in [6.07, 6.45) is 0. The van der Waals surface area contributed by atoms with Crippen molar-refractivity contribution in [1.82, 2.24) is 14.8 Å². The van der Waals surface area contributed by atoms with Crippen LogP contribution in [0.2, 0.25) is 0 Å². The topological polar surface area (TPSA) is 86.1 Å². The Labute approximate surface area is 170 Å². The summed E-state index contributed by atoms with van der Waals surface area (Å²) in [4.78, 5) is 29.8. The zero-order chi connectivity index (χ0) is 20.4. The van der Waals surface area contributed by atoms with E-state index < -0.39 is 0 Å². The van der Waals surface area contributed by atoms with Gasteiger partial charge in [-0.05, 0) is 19.1 Å². The van der Waals surface area contributed by atoms with Gasteiger partial charge in [0.2, 0.25) is 5.91 Å². The maximum absolute atomic E-state index is 12.9. The fourth-order valence-corrected chi connectivity index (χ4v) is 3.91. The lowest BCUT2D eigenvalue weighted by Gasteiger charge is -2.10. The molecular weight excluding hydrogens is 388 g/mol. The molecule has 0 saturated carbocycles. The van der Waals surface area contributed by atoms with E-state index in [9.17, 15) is 9.59 Å². The number of rotatable bonds is 5. The number of ether oxygens (including phenoxy) is 1. The molecule has 1 amide bonds. The van der Waals surface area contributed by atoms with Crippen LogP contribution in [0.3, 0.4) is 0 Å². The highest BCUT2D eigenvalue weighted by Crippen LogP contribution is 2.29. The summed E-state index contributed by atoms with van der Waals surface area (Å²) < 4.78 is 7.05. The van der Waals surface area contributed by atoms with Crippen molar-refractivity contribution in [1.29, 1.82) is 0 Å². The molecule has 2 heterocycles. The van der Waals surface area contributed by atoms with Gasteiger partial charge in [-0.15, -0.1) is 11.3 Å². The number of hydrogen-bond acceptors (Lipinski definition) is 6. The summed E-state index contributed by atoms with van der Waals surface area (Å²) in [5, 5.41) is 8.03. The number of benzene rings is 2. The lowest BCUT2D eigenvalue weighted by atomic mass is 10.1. The van der Waals surface area contributed by atoms with Crippen LogP contribution in [0.1, 0.15) is 5.01 Å². The van der Waals surface area contributed by atoms with Crippen LogP contribution in [0.4, 0.5) is 5.69 Å². The Balaban J connectivity index is 1.71. The van der Waals surface area contributed by atoms with E-state index in [2.05, 4.69) is 15.4 Å². The van der Waals surface area contributed by atoms with Gasteiger partial charge in [0.15, 0.2) is 5.52 Å². The fraction of sp³-hybridized carbons (Fsp3) is 0.143. The van der Waals surface area contributed by atoms with Gasteiger partial charge in [-0.25, -0.2) is 9.67 Å².